The van der Waals surface area contributed by atoms with Crippen molar-refractivity contribution in [1.82, 2.24) is 0 Å². The van der Waals surface area contributed by atoms with Crippen molar-refractivity contribution in [3.8, 4) is 0 Å². The lowest BCUT2D eigenvalue weighted by atomic mass is 9.46. The molecule has 7 rings (SSSR count). The molecule has 6 nitrogen and oxygen atoms in total. The lowest BCUT2D eigenvalue weighted by molar-refractivity contribution is -0.136. The fraction of sp³-hybridized carbons (Fsp3) is 0.850. The minimum absolute atomic E-state index is 0. The summed E-state index contributed by atoms with van der Waals surface area (Å²) in [5.74, 6) is 0.297. The van der Waals surface area contributed by atoms with Gasteiger partial charge in [0, 0.05) is 11.0 Å². The summed E-state index contributed by atoms with van der Waals surface area (Å²) < 4.78 is 24.3. The third kappa shape index (κ3) is 1.57. The summed E-state index contributed by atoms with van der Waals surface area (Å²) >= 11 is 0. The normalized spacial score (nSPS) is 58.6. The van der Waals surface area contributed by atoms with Gasteiger partial charge in [0.25, 0.3) is 0 Å². The molecule has 0 radical (unpaired) electrons. The molecular weight excluding hydrogens is 407 g/mol. The summed E-state index contributed by atoms with van der Waals surface area (Å²) in [6.45, 7) is 6.91. The maximum atomic E-state index is 12.1. The van der Waals surface area contributed by atoms with Gasteiger partial charge in [-0.25, -0.2) is 4.79 Å². The Balaban J connectivity index is 0.000000853. The molecule has 0 aromatic heterocycles. The van der Waals surface area contributed by atoms with E-state index in [0.29, 0.717) is 6.61 Å². The van der Waals surface area contributed by atoms with Gasteiger partial charge < -0.3 is 24.1 Å². The summed E-state index contributed by atoms with van der Waals surface area (Å²) in [5, 5.41) is 11.4. The molecule has 0 amide bonds. The van der Waals surface area contributed by atoms with Gasteiger partial charge in [-0.05, 0) is 36.7 Å². The van der Waals surface area contributed by atoms with Crippen LogP contribution in [0.15, 0.2) is 11.1 Å². The monoisotopic (exact) mass is 432 g/mol. The van der Waals surface area contributed by atoms with E-state index in [9.17, 15) is 9.90 Å². The van der Waals surface area contributed by atoms with Gasteiger partial charge in [-0.3, -0.25) is 0 Å². The minimum atomic E-state index is -0.654. The maximum absolute atomic E-state index is 12.1. The molecule has 1 N–H and O–H groups in total. The van der Waals surface area contributed by atoms with Crippen molar-refractivity contribution in [2.24, 2.45) is 17.3 Å². The molecule has 3 saturated heterocycles. The number of ether oxygens (including phenoxy) is 4. The van der Waals surface area contributed by atoms with Crippen LogP contribution in [0, 0.1) is 17.3 Å². The highest BCUT2D eigenvalue weighted by atomic mass is 35.5. The molecule has 7 aliphatic rings. The van der Waals surface area contributed by atoms with E-state index in [1.807, 2.05) is 0 Å². The molecule has 3 aliphatic carbocycles. The molecule has 28 heavy (non-hydrogen) atoms. The number of rotatable bonds is 1. The van der Waals surface area contributed by atoms with Crippen LogP contribution in [0.4, 0.5) is 0 Å². The van der Waals surface area contributed by atoms with Gasteiger partial charge in [0.05, 0.1) is 6.10 Å². The Kier molecular flexibility index (Phi) is 3.56. The minimum Gasteiger partial charge on any atom is -0.458 e. The SMILES string of the molecule is CC(C)[C@]12O[C@H]1[C@@H]1O[C@]13[C@]1(O[C@H]1C[C@H]1C4=C(CC[C@@]13C)C(=O)OC4)[C@H]2O.Cl.Cl. The quantitative estimate of drug-likeness (QED) is 0.503. The van der Waals surface area contributed by atoms with Crippen molar-refractivity contribution >= 4 is 30.8 Å². The third-order valence-electron chi connectivity index (χ3n) is 9.10. The first-order valence-electron chi connectivity index (χ1n) is 9.95. The molecule has 2 spiro atoms. The average Bonchev–Trinajstić information content (AvgIpc) is 3.47. The number of carbonyl (C=O) groups excluding carboxylic acids is 1. The number of fused-ring (bicyclic) bond motifs is 4. The first-order chi connectivity index (χ1) is 12.3. The lowest BCUT2D eigenvalue weighted by Crippen LogP contribution is -2.69. The molecule has 0 aromatic rings. The topological polar surface area (TPSA) is 84.1 Å². The van der Waals surface area contributed by atoms with Crippen LogP contribution < -0.4 is 0 Å². The highest BCUT2D eigenvalue weighted by molar-refractivity contribution is 5.92. The van der Waals surface area contributed by atoms with Crippen LogP contribution >= 0.6 is 24.8 Å². The number of hydrogen-bond acceptors (Lipinski definition) is 6. The standard InChI is InChI=1S/C20H24O6.2ClH/c1-8(2)18-13(25-18)14-20(26-14)17(3)5-4-9-10(7-23-15(9)21)11(17)6-12-19(20,24-12)16(18)22;;/h8,11-14,16,22H,4-7H2,1-3H3;2*1H/t11-,12-,13-,14-,16-,17-,18-,19+,20+;;/m0../s1. The number of esters is 1. The zero-order valence-electron chi connectivity index (χ0n) is 16.1. The molecular formula is C20H26Cl2O6. The van der Waals surface area contributed by atoms with E-state index in [2.05, 4.69) is 20.8 Å². The summed E-state index contributed by atoms with van der Waals surface area (Å²) in [5.41, 5.74) is 0.230. The number of hydrogen-bond donors (Lipinski definition) is 1. The lowest BCUT2D eigenvalue weighted by Gasteiger charge is -2.53. The number of carbonyl (C=O) groups is 1. The Hall–Kier alpha value is -0.370. The summed E-state index contributed by atoms with van der Waals surface area (Å²) in [4.78, 5) is 12.1. The molecule has 0 bridgehead atoms. The van der Waals surface area contributed by atoms with Gasteiger partial charge >= 0.3 is 5.97 Å². The fourth-order valence-electron chi connectivity index (χ4n) is 7.70. The Morgan fingerprint density at radius 1 is 1.14 bits per heavy atom. The van der Waals surface area contributed by atoms with Crippen molar-refractivity contribution < 1.29 is 28.8 Å². The van der Waals surface area contributed by atoms with Crippen LogP contribution in [-0.4, -0.2) is 58.9 Å². The van der Waals surface area contributed by atoms with Crippen LogP contribution in [0.5, 0.6) is 0 Å². The van der Waals surface area contributed by atoms with E-state index in [1.54, 1.807) is 0 Å². The van der Waals surface area contributed by atoms with Gasteiger partial charge in [0.1, 0.15) is 36.1 Å². The van der Waals surface area contributed by atoms with E-state index < -0.39 is 22.9 Å². The van der Waals surface area contributed by atoms with E-state index in [1.165, 1.54) is 0 Å². The van der Waals surface area contributed by atoms with E-state index in [-0.39, 0.29) is 66.3 Å². The highest BCUT2D eigenvalue weighted by Gasteiger charge is 3.00. The van der Waals surface area contributed by atoms with Gasteiger partial charge in [0.15, 0.2) is 5.60 Å². The van der Waals surface area contributed by atoms with Crippen molar-refractivity contribution in [2.45, 2.75) is 81.3 Å². The molecule has 8 heteroatoms. The number of halogens is 2. The van der Waals surface area contributed by atoms with Crippen molar-refractivity contribution in [1.29, 1.82) is 0 Å². The molecule has 9 atom stereocenters. The Labute approximate surface area is 176 Å². The number of aliphatic hydroxyl groups is 1. The van der Waals surface area contributed by atoms with Crippen LogP contribution in [0.1, 0.15) is 40.0 Å². The molecule has 0 aromatic carbocycles. The third-order valence-corrected chi connectivity index (χ3v) is 9.10. The Morgan fingerprint density at radius 2 is 1.89 bits per heavy atom. The zero-order valence-corrected chi connectivity index (χ0v) is 17.7. The Bertz CT molecular complexity index is 830. The molecule has 4 heterocycles. The van der Waals surface area contributed by atoms with Crippen LogP contribution in [0.2, 0.25) is 0 Å². The van der Waals surface area contributed by atoms with Gasteiger partial charge in [-0.2, -0.15) is 0 Å². The molecule has 0 unspecified atom stereocenters. The molecule has 156 valence electrons. The predicted molar refractivity (Wildman–Crippen MR) is 102 cm³/mol. The van der Waals surface area contributed by atoms with Gasteiger partial charge in [-0.1, -0.05) is 20.8 Å². The van der Waals surface area contributed by atoms with E-state index in [0.717, 1.165) is 30.4 Å². The maximum Gasteiger partial charge on any atom is 0.334 e. The van der Waals surface area contributed by atoms with Gasteiger partial charge in [0.2, 0.25) is 0 Å². The summed E-state index contributed by atoms with van der Waals surface area (Å²) in [6.07, 6.45) is 1.71. The number of aliphatic hydroxyl groups excluding tert-OH is 1. The first-order valence-corrected chi connectivity index (χ1v) is 9.95. The predicted octanol–water partition coefficient (Wildman–Crippen LogP) is 1.95. The van der Waals surface area contributed by atoms with E-state index in [4.69, 9.17) is 18.9 Å². The second kappa shape index (κ2) is 5.09. The molecule has 2 saturated carbocycles. The fourth-order valence-corrected chi connectivity index (χ4v) is 7.70. The van der Waals surface area contributed by atoms with Crippen molar-refractivity contribution in [2.75, 3.05) is 6.61 Å². The highest BCUT2D eigenvalue weighted by Crippen LogP contribution is 2.82. The Morgan fingerprint density at radius 3 is 2.61 bits per heavy atom. The van der Waals surface area contributed by atoms with Crippen molar-refractivity contribution in [3.05, 3.63) is 11.1 Å². The van der Waals surface area contributed by atoms with Crippen LogP contribution in [-0.2, 0) is 23.7 Å². The zero-order chi connectivity index (χ0) is 17.9. The summed E-state index contributed by atoms with van der Waals surface area (Å²) in [6, 6.07) is 0. The number of cyclic esters (lactones) is 1. The van der Waals surface area contributed by atoms with Crippen LogP contribution in [0.25, 0.3) is 0 Å². The second-order valence-electron chi connectivity index (χ2n) is 9.91. The van der Waals surface area contributed by atoms with Crippen LogP contribution in [0.3, 0.4) is 0 Å². The molecule has 4 aliphatic heterocycles. The largest absolute Gasteiger partial charge is 0.458 e. The van der Waals surface area contributed by atoms with E-state index >= 15 is 0 Å². The number of epoxide rings is 3. The second-order valence-corrected chi connectivity index (χ2v) is 9.91. The van der Waals surface area contributed by atoms with Crippen molar-refractivity contribution in [3.63, 3.8) is 0 Å². The summed E-state index contributed by atoms with van der Waals surface area (Å²) in [7, 11) is 0. The average molecular weight is 433 g/mol. The van der Waals surface area contributed by atoms with Gasteiger partial charge in [-0.15, -0.1) is 24.8 Å². The first kappa shape index (κ1) is 19.6. The molecule has 5 fully saturated rings. The smallest absolute Gasteiger partial charge is 0.334 e.